The lowest BCUT2D eigenvalue weighted by Crippen LogP contribution is -2.40. The molecule has 0 aromatic heterocycles. The third-order valence-electron chi connectivity index (χ3n) is 1.99. The summed E-state index contributed by atoms with van der Waals surface area (Å²) in [4.78, 5) is 12.7. The monoisotopic (exact) mass is 212 g/mol. The van der Waals surface area contributed by atoms with E-state index in [1.165, 1.54) is 4.90 Å². The molecule has 0 radical (unpaired) electrons. The highest BCUT2D eigenvalue weighted by atomic mass is 35.5. The van der Waals surface area contributed by atoms with Crippen LogP contribution >= 0.6 is 11.6 Å². The van der Waals surface area contributed by atoms with E-state index < -0.39 is 12.3 Å². The maximum Gasteiger partial charge on any atom is 0.415 e. The van der Waals surface area contributed by atoms with Gasteiger partial charge in [-0.15, -0.1) is 0 Å². The number of ether oxygens (including phenoxy) is 1. The van der Waals surface area contributed by atoms with Crippen molar-refractivity contribution in [2.45, 2.75) is 6.17 Å². The Morgan fingerprint density at radius 2 is 2.36 bits per heavy atom. The van der Waals surface area contributed by atoms with Gasteiger partial charge in [-0.1, -0.05) is 17.7 Å². The van der Waals surface area contributed by atoms with Crippen LogP contribution in [0.25, 0.3) is 0 Å². The topological polar surface area (TPSA) is 55.6 Å². The summed E-state index contributed by atoms with van der Waals surface area (Å²) in [5.74, 6) is 0. The third-order valence-corrected chi connectivity index (χ3v) is 2.23. The van der Waals surface area contributed by atoms with Crippen LogP contribution in [-0.2, 0) is 4.74 Å². The van der Waals surface area contributed by atoms with E-state index >= 15 is 0 Å². The van der Waals surface area contributed by atoms with E-state index in [1.807, 2.05) is 0 Å². The second kappa shape index (κ2) is 3.48. The van der Waals surface area contributed by atoms with Gasteiger partial charge in [0.15, 0.2) is 0 Å². The summed E-state index contributed by atoms with van der Waals surface area (Å²) in [6.45, 7) is 0.214. The number of hydrogen-bond donors (Lipinski definition) is 1. The molecule has 1 heterocycles. The minimum atomic E-state index is -0.431. The number of hydrogen-bond acceptors (Lipinski definition) is 3. The largest absolute Gasteiger partial charge is 0.445 e. The zero-order chi connectivity index (χ0) is 10.1. The smallest absolute Gasteiger partial charge is 0.415 e. The van der Waals surface area contributed by atoms with Crippen molar-refractivity contribution in [3.05, 3.63) is 29.3 Å². The van der Waals surface area contributed by atoms with Gasteiger partial charge in [0.25, 0.3) is 0 Å². The standard InChI is InChI=1S/C9H9ClN2O2/c10-6-2-1-3-7(4-6)12-8(11)5-14-9(12)13/h1-4,8H,5,11H2. The van der Waals surface area contributed by atoms with Crippen LogP contribution < -0.4 is 10.6 Å². The van der Waals surface area contributed by atoms with E-state index in [1.54, 1.807) is 24.3 Å². The molecule has 1 aromatic carbocycles. The van der Waals surface area contributed by atoms with Gasteiger partial charge in [-0.25, -0.2) is 4.79 Å². The Morgan fingerprint density at radius 1 is 1.57 bits per heavy atom. The molecule has 4 nitrogen and oxygen atoms in total. The molecule has 2 rings (SSSR count). The van der Waals surface area contributed by atoms with Gasteiger partial charge in [0.05, 0.1) is 5.69 Å². The molecular formula is C9H9ClN2O2. The number of benzene rings is 1. The molecule has 0 bridgehead atoms. The Hall–Kier alpha value is -1.26. The Kier molecular flexibility index (Phi) is 2.31. The van der Waals surface area contributed by atoms with E-state index in [0.717, 1.165) is 0 Å². The molecule has 1 fully saturated rings. The fraction of sp³-hybridized carbons (Fsp3) is 0.222. The lowest BCUT2D eigenvalue weighted by molar-refractivity contribution is 0.179. The van der Waals surface area contributed by atoms with Crippen LogP contribution in [0.3, 0.4) is 0 Å². The van der Waals surface area contributed by atoms with Crippen molar-refractivity contribution in [2.24, 2.45) is 5.73 Å². The van der Waals surface area contributed by atoms with E-state index in [4.69, 9.17) is 22.1 Å². The Labute approximate surface area is 86.2 Å². The average molecular weight is 213 g/mol. The van der Waals surface area contributed by atoms with Crippen LogP contribution in [0.4, 0.5) is 10.5 Å². The predicted octanol–water partition coefficient (Wildman–Crippen LogP) is 1.58. The maximum atomic E-state index is 11.3. The lowest BCUT2D eigenvalue weighted by Gasteiger charge is -2.17. The number of carbonyl (C=O) groups is 1. The second-order valence-corrected chi connectivity index (χ2v) is 3.43. The summed E-state index contributed by atoms with van der Waals surface area (Å²) in [5.41, 5.74) is 6.35. The number of amides is 1. The van der Waals surface area contributed by atoms with Gasteiger partial charge in [-0.05, 0) is 18.2 Å². The zero-order valence-corrected chi connectivity index (χ0v) is 8.07. The Morgan fingerprint density at radius 3 is 2.93 bits per heavy atom. The quantitative estimate of drug-likeness (QED) is 0.769. The second-order valence-electron chi connectivity index (χ2n) is 2.99. The van der Waals surface area contributed by atoms with Gasteiger partial charge in [-0.3, -0.25) is 4.90 Å². The first-order valence-corrected chi connectivity index (χ1v) is 4.53. The first kappa shape index (κ1) is 9.30. The van der Waals surface area contributed by atoms with Crippen molar-refractivity contribution in [3.8, 4) is 0 Å². The van der Waals surface area contributed by atoms with Crippen LogP contribution in [-0.4, -0.2) is 18.9 Å². The number of rotatable bonds is 1. The number of halogens is 1. The van der Waals surface area contributed by atoms with Gasteiger partial charge < -0.3 is 10.5 Å². The van der Waals surface area contributed by atoms with Gasteiger partial charge >= 0.3 is 6.09 Å². The van der Waals surface area contributed by atoms with Crippen LogP contribution in [0, 0.1) is 0 Å². The highest BCUT2D eigenvalue weighted by molar-refractivity contribution is 6.30. The average Bonchev–Trinajstić information content (AvgIpc) is 2.46. The summed E-state index contributed by atoms with van der Waals surface area (Å²) < 4.78 is 4.79. The molecule has 0 spiro atoms. The minimum Gasteiger partial charge on any atom is -0.445 e. The van der Waals surface area contributed by atoms with Gasteiger partial charge in [-0.2, -0.15) is 0 Å². The summed E-state index contributed by atoms with van der Waals surface area (Å²) in [7, 11) is 0. The maximum absolute atomic E-state index is 11.3. The Balaban J connectivity index is 2.34. The molecule has 1 aliphatic rings. The predicted molar refractivity (Wildman–Crippen MR) is 53.3 cm³/mol. The molecule has 0 aliphatic carbocycles. The van der Waals surface area contributed by atoms with Crippen LogP contribution in [0.5, 0.6) is 0 Å². The molecule has 1 unspecified atom stereocenters. The van der Waals surface area contributed by atoms with Gasteiger partial charge in [0, 0.05) is 5.02 Å². The van der Waals surface area contributed by atoms with E-state index in [2.05, 4.69) is 0 Å². The Bertz CT molecular complexity index is 370. The summed E-state index contributed by atoms with van der Waals surface area (Å²) >= 11 is 5.80. The molecule has 74 valence electrons. The molecule has 5 heteroatoms. The summed E-state index contributed by atoms with van der Waals surface area (Å²) in [6, 6.07) is 6.93. The molecule has 1 amide bonds. The summed E-state index contributed by atoms with van der Waals surface area (Å²) in [5, 5.41) is 0.564. The molecule has 1 atom stereocenters. The van der Waals surface area contributed by atoms with Crippen molar-refractivity contribution in [1.29, 1.82) is 0 Å². The molecule has 1 saturated heterocycles. The molecule has 0 saturated carbocycles. The van der Waals surface area contributed by atoms with Gasteiger partial charge in [0.2, 0.25) is 0 Å². The number of anilines is 1. The van der Waals surface area contributed by atoms with Crippen LogP contribution in [0.2, 0.25) is 5.02 Å². The van der Waals surface area contributed by atoms with Crippen molar-refractivity contribution in [3.63, 3.8) is 0 Å². The molecule has 1 aliphatic heterocycles. The normalized spacial score (nSPS) is 21.1. The van der Waals surface area contributed by atoms with Crippen molar-refractivity contribution >= 4 is 23.4 Å². The molecular weight excluding hydrogens is 204 g/mol. The highest BCUT2D eigenvalue weighted by Crippen LogP contribution is 2.23. The van der Waals surface area contributed by atoms with Gasteiger partial charge in [0.1, 0.15) is 12.8 Å². The van der Waals surface area contributed by atoms with E-state index in [0.29, 0.717) is 10.7 Å². The van der Waals surface area contributed by atoms with Crippen molar-refractivity contribution in [2.75, 3.05) is 11.5 Å². The highest BCUT2D eigenvalue weighted by Gasteiger charge is 2.31. The molecule has 2 N–H and O–H groups in total. The fourth-order valence-corrected chi connectivity index (χ4v) is 1.54. The lowest BCUT2D eigenvalue weighted by atomic mass is 10.3. The number of cyclic esters (lactones) is 1. The third kappa shape index (κ3) is 1.54. The first-order chi connectivity index (χ1) is 6.68. The molecule has 1 aromatic rings. The minimum absolute atomic E-state index is 0.214. The SMILES string of the molecule is NC1COC(=O)N1c1cccc(Cl)c1. The summed E-state index contributed by atoms with van der Waals surface area (Å²) in [6.07, 6.45) is -0.860. The van der Waals surface area contributed by atoms with E-state index in [9.17, 15) is 4.79 Å². The first-order valence-electron chi connectivity index (χ1n) is 4.15. The van der Waals surface area contributed by atoms with Crippen molar-refractivity contribution in [1.82, 2.24) is 0 Å². The van der Waals surface area contributed by atoms with Crippen LogP contribution in [0.15, 0.2) is 24.3 Å². The fourth-order valence-electron chi connectivity index (χ4n) is 1.36. The number of nitrogens with two attached hydrogens (primary N) is 1. The number of nitrogens with zero attached hydrogens (tertiary/aromatic N) is 1. The molecule has 14 heavy (non-hydrogen) atoms. The van der Waals surface area contributed by atoms with Crippen LogP contribution in [0.1, 0.15) is 0 Å². The van der Waals surface area contributed by atoms with E-state index in [-0.39, 0.29) is 6.61 Å². The number of carbonyl (C=O) groups excluding carboxylic acids is 1. The zero-order valence-electron chi connectivity index (χ0n) is 7.31. The van der Waals surface area contributed by atoms with Crippen molar-refractivity contribution < 1.29 is 9.53 Å².